The average molecular weight is 280 g/mol. The predicted molar refractivity (Wildman–Crippen MR) is 70.2 cm³/mol. The quantitative estimate of drug-likeness (QED) is 0.939. The van der Waals surface area contributed by atoms with E-state index in [2.05, 4.69) is 10.3 Å². The standard InChI is InChI=1S/C13H13FN2O2S/c14-11-2-1-9(18-13-7-16-8-19-13)5-10(11)12-6-15-3-4-17-12/h1-2,5,7-8,12,15H,3-4,6H2/t12-/m0/s1. The highest BCUT2D eigenvalue weighted by molar-refractivity contribution is 7.11. The topological polar surface area (TPSA) is 43.4 Å². The Hall–Kier alpha value is -1.50. The number of nitrogens with one attached hydrogen (secondary N) is 1. The molecule has 0 saturated carbocycles. The van der Waals surface area contributed by atoms with Crippen LogP contribution >= 0.6 is 11.3 Å². The van der Waals surface area contributed by atoms with Gasteiger partial charge in [0.1, 0.15) is 11.6 Å². The predicted octanol–water partition coefficient (Wildman–Crippen LogP) is 2.74. The van der Waals surface area contributed by atoms with Gasteiger partial charge in [0.05, 0.1) is 24.4 Å². The van der Waals surface area contributed by atoms with Crippen molar-refractivity contribution in [2.45, 2.75) is 6.10 Å². The lowest BCUT2D eigenvalue weighted by molar-refractivity contribution is 0.0254. The van der Waals surface area contributed by atoms with Crippen LogP contribution in [0, 0.1) is 5.82 Å². The highest BCUT2D eigenvalue weighted by atomic mass is 32.1. The first-order chi connectivity index (χ1) is 9.33. The maximum atomic E-state index is 13.9. The highest BCUT2D eigenvalue weighted by Gasteiger charge is 2.20. The van der Waals surface area contributed by atoms with E-state index in [4.69, 9.17) is 9.47 Å². The summed E-state index contributed by atoms with van der Waals surface area (Å²) in [6.45, 7) is 2.00. The molecule has 1 fully saturated rings. The van der Waals surface area contributed by atoms with Crippen LogP contribution in [0.3, 0.4) is 0 Å². The largest absolute Gasteiger partial charge is 0.445 e. The van der Waals surface area contributed by atoms with Gasteiger partial charge < -0.3 is 14.8 Å². The molecule has 3 rings (SSSR count). The minimum absolute atomic E-state index is 0.265. The van der Waals surface area contributed by atoms with Gasteiger partial charge in [0.25, 0.3) is 0 Å². The van der Waals surface area contributed by atoms with E-state index in [1.807, 2.05) is 0 Å². The van der Waals surface area contributed by atoms with Crippen molar-refractivity contribution in [3.63, 3.8) is 0 Å². The van der Waals surface area contributed by atoms with Crippen molar-refractivity contribution in [2.75, 3.05) is 19.7 Å². The SMILES string of the molecule is Fc1ccc(Oc2cncs2)cc1[C@@H]1CNCCO1. The van der Waals surface area contributed by atoms with Gasteiger partial charge in [-0.25, -0.2) is 9.37 Å². The van der Waals surface area contributed by atoms with E-state index < -0.39 is 0 Å². The molecule has 1 aliphatic rings. The fraction of sp³-hybridized carbons (Fsp3) is 0.308. The summed E-state index contributed by atoms with van der Waals surface area (Å²) in [5.41, 5.74) is 2.21. The van der Waals surface area contributed by atoms with Crippen molar-refractivity contribution in [3.8, 4) is 10.8 Å². The van der Waals surface area contributed by atoms with E-state index in [-0.39, 0.29) is 11.9 Å². The molecule has 0 spiro atoms. The summed E-state index contributed by atoms with van der Waals surface area (Å²) < 4.78 is 25.0. The number of ether oxygens (including phenoxy) is 2. The molecular weight excluding hydrogens is 267 g/mol. The van der Waals surface area contributed by atoms with Crippen LogP contribution < -0.4 is 10.1 Å². The Morgan fingerprint density at radius 3 is 3.16 bits per heavy atom. The molecule has 1 atom stereocenters. The zero-order chi connectivity index (χ0) is 13.1. The summed E-state index contributed by atoms with van der Waals surface area (Å²) in [6.07, 6.45) is 1.37. The first kappa shape index (κ1) is 12.5. The minimum Gasteiger partial charge on any atom is -0.445 e. The second-order valence-corrected chi connectivity index (χ2v) is 5.02. The summed E-state index contributed by atoms with van der Waals surface area (Å²) in [6, 6.07) is 4.70. The fourth-order valence-corrected chi connectivity index (χ4v) is 2.46. The number of rotatable bonds is 3. The van der Waals surface area contributed by atoms with Crippen molar-refractivity contribution in [1.82, 2.24) is 10.3 Å². The second kappa shape index (κ2) is 5.64. The third-order valence-corrected chi connectivity index (χ3v) is 3.52. The molecule has 1 aliphatic heterocycles. The lowest BCUT2D eigenvalue weighted by Crippen LogP contribution is -2.33. The molecule has 2 aromatic rings. The summed E-state index contributed by atoms with van der Waals surface area (Å²) in [7, 11) is 0. The Labute approximate surface area is 114 Å². The van der Waals surface area contributed by atoms with Gasteiger partial charge in [-0.3, -0.25) is 0 Å². The Morgan fingerprint density at radius 2 is 2.42 bits per heavy atom. The summed E-state index contributed by atoms with van der Waals surface area (Å²) in [4.78, 5) is 3.93. The van der Waals surface area contributed by atoms with E-state index >= 15 is 0 Å². The zero-order valence-electron chi connectivity index (χ0n) is 10.1. The fourth-order valence-electron chi connectivity index (χ4n) is 1.97. The van der Waals surface area contributed by atoms with Crippen LogP contribution in [0.1, 0.15) is 11.7 Å². The van der Waals surface area contributed by atoms with Crippen LogP contribution in [-0.4, -0.2) is 24.7 Å². The molecule has 0 unspecified atom stereocenters. The average Bonchev–Trinajstić information content (AvgIpc) is 2.95. The van der Waals surface area contributed by atoms with Gasteiger partial charge in [0.15, 0.2) is 0 Å². The van der Waals surface area contributed by atoms with Gasteiger partial charge in [0.2, 0.25) is 5.06 Å². The molecule has 2 heterocycles. The van der Waals surface area contributed by atoms with Crippen molar-refractivity contribution >= 4 is 11.3 Å². The smallest absolute Gasteiger partial charge is 0.200 e. The lowest BCUT2D eigenvalue weighted by Gasteiger charge is -2.24. The van der Waals surface area contributed by atoms with Crippen LogP contribution in [0.2, 0.25) is 0 Å². The molecule has 19 heavy (non-hydrogen) atoms. The number of thiazole rings is 1. The summed E-state index contributed by atoms with van der Waals surface area (Å²) >= 11 is 1.39. The van der Waals surface area contributed by atoms with E-state index in [1.165, 1.54) is 17.4 Å². The highest BCUT2D eigenvalue weighted by Crippen LogP contribution is 2.30. The Morgan fingerprint density at radius 1 is 1.47 bits per heavy atom. The molecule has 1 N–H and O–H groups in total. The number of aromatic nitrogens is 1. The Balaban J connectivity index is 1.83. The van der Waals surface area contributed by atoms with Gasteiger partial charge in [-0.1, -0.05) is 11.3 Å². The Bertz CT molecular complexity index is 542. The molecule has 1 aromatic carbocycles. The zero-order valence-corrected chi connectivity index (χ0v) is 11.0. The van der Waals surface area contributed by atoms with Crippen molar-refractivity contribution in [3.05, 3.63) is 41.3 Å². The number of benzene rings is 1. The van der Waals surface area contributed by atoms with Crippen LogP contribution in [0.25, 0.3) is 0 Å². The molecule has 1 aromatic heterocycles. The van der Waals surface area contributed by atoms with Gasteiger partial charge >= 0.3 is 0 Å². The maximum absolute atomic E-state index is 13.9. The van der Waals surface area contributed by atoms with Crippen molar-refractivity contribution < 1.29 is 13.9 Å². The molecule has 100 valence electrons. The van der Waals surface area contributed by atoms with Crippen LogP contribution in [0.5, 0.6) is 10.8 Å². The molecule has 1 saturated heterocycles. The minimum atomic E-state index is -0.273. The van der Waals surface area contributed by atoms with E-state index in [1.54, 1.807) is 23.8 Å². The van der Waals surface area contributed by atoms with Gasteiger partial charge in [-0.05, 0) is 18.2 Å². The normalized spacial score (nSPS) is 19.3. The third kappa shape index (κ3) is 2.91. The van der Waals surface area contributed by atoms with Gasteiger partial charge in [0, 0.05) is 18.7 Å². The number of morpholine rings is 1. The molecule has 6 heteroatoms. The first-order valence-electron chi connectivity index (χ1n) is 6.01. The summed E-state index contributed by atoms with van der Waals surface area (Å²) in [5, 5.41) is 3.87. The van der Waals surface area contributed by atoms with Crippen LogP contribution in [0.4, 0.5) is 4.39 Å². The lowest BCUT2D eigenvalue weighted by atomic mass is 10.1. The molecule has 0 bridgehead atoms. The van der Waals surface area contributed by atoms with E-state index in [0.29, 0.717) is 29.5 Å². The number of hydrogen-bond acceptors (Lipinski definition) is 5. The van der Waals surface area contributed by atoms with Crippen molar-refractivity contribution in [1.29, 1.82) is 0 Å². The van der Waals surface area contributed by atoms with Crippen molar-refractivity contribution in [2.24, 2.45) is 0 Å². The van der Waals surface area contributed by atoms with Crippen LogP contribution in [-0.2, 0) is 4.74 Å². The van der Waals surface area contributed by atoms with E-state index in [0.717, 1.165) is 6.54 Å². The number of nitrogens with zero attached hydrogens (tertiary/aromatic N) is 1. The van der Waals surface area contributed by atoms with Gasteiger partial charge in [-0.2, -0.15) is 0 Å². The summed E-state index contributed by atoms with van der Waals surface area (Å²) in [5.74, 6) is 0.320. The molecule has 0 amide bonds. The third-order valence-electron chi connectivity index (χ3n) is 2.87. The van der Waals surface area contributed by atoms with Crippen LogP contribution in [0.15, 0.2) is 29.9 Å². The molecule has 0 radical (unpaired) electrons. The van der Waals surface area contributed by atoms with Gasteiger partial charge in [-0.15, -0.1) is 0 Å². The monoisotopic (exact) mass is 280 g/mol. The molecule has 4 nitrogen and oxygen atoms in total. The molecule has 0 aliphatic carbocycles. The maximum Gasteiger partial charge on any atom is 0.200 e. The molecular formula is C13H13FN2O2S. The Kier molecular flexibility index (Phi) is 3.72. The number of halogens is 1. The van der Waals surface area contributed by atoms with E-state index in [9.17, 15) is 4.39 Å². The first-order valence-corrected chi connectivity index (χ1v) is 6.89. The number of hydrogen-bond donors (Lipinski definition) is 1. The second-order valence-electron chi connectivity index (χ2n) is 4.17.